The molecule has 3 rings (SSSR count). The van der Waals surface area contributed by atoms with Gasteiger partial charge in [0.2, 0.25) is 0 Å². The van der Waals surface area contributed by atoms with Gasteiger partial charge in [0.1, 0.15) is 0 Å². The Balaban J connectivity index is 1.73. The summed E-state index contributed by atoms with van der Waals surface area (Å²) in [5.41, 5.74) is 0.738. The van der Waals surface area contributed by atoms with Crippen LogP contribution in [0.3, 0.4) is 0 Å². The summed E-state index contributed by atoms with van der Waals surface area (Å²) in [5, 5.41) is 14.3. The fourth-order valence-corrected chi connectivity index (χ4v) is 3.62. The first-order valence-electron chi connectivity index (χ1n) is 6.36. The molecule has 1 aromatic rings. The summed E-state index contributed by atoms with van der Waals surface area (Å²) >= 11 is 3.44. The molecule has 2 unspecified atom stereocenters. The molecule has 1 aromatic carbocycles. The van der Waals surface area contributed by atoms with Gasteiger partial charge in [-0.2, -0.15) is 0 Å². The van der Waals surface area contributed by atoms with Crippen LogP contribution in [0.5, 0.6) is 0 Å². The lowest BCUT2D eigenvalue weighted by Crippen LogP contribution is -2.49. The van der Waals surface area contributed by atoms with E-state index >= 15 is 0 Å². The Morgan fingerprint density at radius 3 is 2.35 bits per heavy atom. The first-order valence-corrected chi connectivity index (χ1v) is 7.15. The van der Waals surface area contributed by atoms with Gasteiger partial charge in [-0.3, -0.25) is 0 Å². The molecular weight excluding hydrogens is 278 g/mol. The summed E-state index contributed by atoms with van der Waals surface area (Å²) in [5.74, 6) is 0. The van der Waals surface area contributed by atoms with Gasteiger partial charge in [0.25, 0.3) is 0 Å². The van der Waals surface area contributed by atoms with Gasteiger partial charge >= 0.3 is 0 Å². The third-order valence-corrected chi connectivity index (χ3v) is 4.56. The second-order valence-corrected chi connectivity index (χ2v) is 6.49. The fraction of sp³-hybridized carbons (Fsp3) is 0.571. The molecule has 0 saturated carbocycles. The van der Waals surface area contributed by atoms with Crippen LogP contribution in [0.4, 0.5) is 0 Å². The average molecular weight is 296 g/mol. The quantitative estimate of drug-likeness (QED) is 0.879. The minimum Gasteiger partial charge on any atom is -0.389 e. The molecule has 2 N–H and O–H groups in total. The van der Waals surface area contributed by atoms with Crippen molar-refractivity contribution in [1.29, 1.82) is 0 Å². The van der Waals surface area contributed by atoms with E-state index in [-0.39, 0.29) is 0 Å². The number of rotatable bonds is 2. The van der Waals surface area contributed by atoms with Gasteiger partial charge < -0.3 is 10.4 Å². The molecule has 17 heavy (non-hydrogen) atoms. The normalized spacial score (nSPS) is 36.1. The lowest BCUT2D eigenvalue weighted by molar-refractivity contribution is -0.00608. The highest BCUT2D eigenvalue weighted by atomic mass is 79.9. The van der Waals surface area contributed by atoms with Crippen molar-refractivity contribution in [2.24, 2.45) is 0 Å². The first-order chi connectivity index (χ1) is 8.13. The third kappa shape index (κ3) is 2.56. The molecule has 3 heteroatoms. The maximum Gasteiger partial charge on any atom is 0.0717 e. The molecule has 2 nitrogen and oxygen atoms in total. The van der Waals surface area contributed by atoms with E-state index in [2.05, 4.69) is 33.4 Å². The van der Waals surface area contributed by atoms with Gasteiger partial charge in [-0.15, -0.1) is 0 Å². The zero-order valence-electron chi connectivity index (χ0n) is 9.82. The summed E-state index contributed by atoms with van der Waals surface area (Å²) in [7, 11) is 0. The second kappa shape index (κ2) is 4.38. The van der Waals surface area contributed by atoms with Gasteiger partial charge in [0.05, 0.1) is 5.60 Å². The Labute approximate surface area is 111 Å². The highest BCUT2D eigenvalue weighted by Gasteiger charge is 2.42. The number of hydrogen-bond acceptors (Lipinski definition) is 2. The number of hydrogen-bond donors (Lipinski definition) is 2. The van der Waals surface area contributed by atoms with Crippen molar-refractivity contribution in [3.63, 3.8) is 0 Å². The van der Waals surface area contributed by atoms with Crippen LogP contribution in [-0.4, -0.2) is 22.8 Å². The van der Waals surface area contributed by atoms with Crippen LogP contribution >= 0.6 is 15.9 Å². The van der Waals surface area contributed by atoms with Crippen molar-refractivity contribution in [2.45, 2.75) is 49.8 Å². The molecule has 2 fully saturated rings. The van der Waals surface area contributed by atoms with E-state index < -0.39 is 5.60 Å². The Bertz CT molecular complexity index is 391. The average Bonchev–Trinajstić information content (AvgIpc) is 2.62. The van der Waals surface area contributed by atoms with Crippen molar-refractivity contribution < 1.29 is 5.11 Å². The Kier molecular flexibility index (Phi) is 3.01. The molecule has 0 amide bonds. The Hall–Kier alpha value is -0.380. The van der Waals surface area contributed by atoms with Gasteiger partial charge in [-0.25, -0.2) is 0 Å². The minimum absolute atomic E-state index is 0.495. The van der Waals surface area contributed by atoms with E-state index in [4.69, 9.17) is 0 Å². The second-order valence-electron chi connectivity index (χ2n) is 5.57. The zero-order valence-corrected chi connectivity index (χ0v) is 11.4. The molecule has 0 spiro atoms. The number of fused-ring (bicyclic) bond motifs is 2. The predicted octanol–water partition coefficient (Wildman–Crippen LogP) is 2.64. The van der Waals surface area contributed by atoms with Crippen LogP contribution in [0.2, 0.25) is 0 Å². The summed E-state index contributed by atoms with van der Waals surface area (Å²) in [6.45, 7) is 0. The molecule has 0 aromatic heterocycles. The van der Waals surface area contributed by atoms with E-state index in [0.29, 0.717) is 12.1 Å². The predicted molar refractivity (Wildman–Crippen MR) is 72.0 cm³/mol. The molecule has 0 aliphatic carbocycles. The maximum atomic E-state index is 10.7. The molecule has 2 heterocycles. The van der Waals surface area contributed by atoms with Crippen LogP contribution in [0.25, 0.3) is 0 Å². The van der Waals surface area contributed by atoms with E-state index in [0.717, 1.165) is 23.7 Å². The number of benzene rings is 1. The minimum atomic E-state index is -0.495. The third-order valence-electron chi connectivity index (χ3n) is 4.03. The van der Waals surface area contributed by atoms with Gasteiger partial charge in [-0.1, -0.05) is 28.1 Å². The van der Waals surface area contributed by atoms with Crippen LogP contribution < -0.4 is 5.32 Å². The van der Waals surface area contributed by atoms with E-state index in [9.17, 15) is 5.11 Å². The van der Waals surface area contributed by atoms with Crippen LogP contribution in [0.15, 0.2) is 28.7 Å². The smallest absolute Gasteiger partial charge is 0.0717 e. The lowest BCUT2D eigenvalue weighted by atomic mass is 9.82. The molecule has 0 radical (unpaired) electrons. The summed E-state index contributed by atoms with van der Waals surface area (Å²) < 4.78 is 1.10. The molecule has 92 valence electrons. The monoisotopic (exact) mass is 295 g/mol. The van der Waals surface area contributed by atoms with Gasteiger partial charge in [-0.05, 0) is 43.4 Å². The molecule has 2 atom stereocenters. The van der Waals surface area contributed by atoms with Gasteiger partial charge in [0, 0.05) is 23.0 Å². The van der Waals surface area contributed by atoms with E-state index in [1.54, 1.807) is 0 Å². The van der Waals surface area contributed by atoms with Crippen molar-refractivity contribution in [3.05, 3.63) is 34.3 Å². The molecule has 2 aliphatic heterocycles. The number of nitrogens with one attached hydrogen (secondary N) is 1. The SMILES string of the molecule is OC1(Cc2ccc(Br)cc2)CC2CCC(C1)N2. The molecular formula is C14H18BrNO. The molecule has 2 saturated heterocycles. The van der Waals surface area contributed by atoms with Gasteiger partial charge in [0.15, 0.2) is 0 Å². The van der Waals surface area contributed by atoms with Crippen molar-refractivity contribution in [3.8, 4) is 0 Å². The molecule has 2 aliphatic rings. The largest absolute Gasteiger partial charge is 0.389 e. The van der Waals surface area contributed by atoms with Crippen LogP contribution in [0, 0.1) is 0 Å². The van der Waals surface area contributed by atoms with Crippen molar-refractivity contribution >= 4 is 15.9 Å². The topological polar surface area (TPSA) is 32.3 Å². The maximum absolute atomic E-state index is 10.7. The van der Waals surface area contributed by atoms with E-state index in [1.807, 2.05) is 12.1 Å². The van der Waals surface area contributed by atoms with Crippen molar-refractivity contribution in [1.82, 2.24) is 5.32 Å². The molecule has 2 bridgehead atoms. The number of aliphatic hydroxyl groups is 1. The highest BCUT2D eigenvalue weighted by molar-refractivity contribution is 9.10. The van der Waals surface area contributed by atoms with E-state index in [1.165, 1.54) is 18.4 Å². The van der Waals surface area contributed by atoms with Crippen molar-refractivity contribution in [2.75, 3.05) is 0 Å². The highest BCUT2D eigenvalue weighted by Crippen LogP contribution is 2.36. The fourth-order valence-electron chi connectivity index (χ4n) is 3.35. The summed E-state index contributed by atoms with van der Waals surface area (Å²) in [6.07, 6.45) is 5.05. The first kappa shape index (κ1) is 11.7. The number of piperidine rings is 1. The zero-order chi connectivity index (χ0) is 11.9. The van der Waals surface area contributed by atoms with Crippen LogP contribution in [-0.2, 0) is 6.42 Å². The number of halogens is 1. The Morgan fingerprint density at radius 1 is 1.18 bits per heavy atom. The Morgan fingerprint density at radius 2 is 1.76 bits per heavy atom. The standard InChI is InChI=1S/C14H18BrNO/c15-11-3-1-10(2-4-11)7-14(17)8-12-5-6-13(9-14)16-12/h1-4,12-13,16-17H,5-9H2. The van der Waals surface area contributed by atoms with Crippen LogP contribution in [0.1, 0.15) is 31.2 Å². The lowest BCUT2D eigenvalue weighted by Gasteiger charge is -2.37. The summed E-state index contributed by atoms with van der Waals surface area (Å²) in [6, 6.07) is 9.38. The summed E-state index contributed by atoms with van der Waals surface area (Å²) in [4.78, 5) is 0.